The summed E-state index contributed by atoms with van der Waals surface area (Å²) in [5.41, 5.74) is 3.64. The SMILES string of the molecule is [Si]c1cccc2c1C(P(c1ccccc1)c1ccccc1)CC2. The second-order valence-electron chi connectivity index (χ2n) is 5.97. The van der Waals surface area contributed by atoms with Crippen molar-refractivity contribution < 1.29 is 0 Å². The van der Waals surface area contributed by atoms with E-state index < -0.39 is 0 Å². The Balaban J connectivity index is 1.86. The average Bonchev–Trinajstić information content (AvgIpc) is 3.02. The topological polar surface area (TPSA) is 0 Å². The molecule has 0 aliphatic heterocycles. The molecule has 111 valence electrons. The van der Waals surface area contributed by atoms with Crippen molar-refractivity contribution in [2.24, 2.45) is 0 Å². The lowest BCUT2D eigenvalue weighted by atomic mass is 10.1. The van der Waals surface area contributed by atoms with Crippen LogP contribution in [0.2, 0.25) is 0 Å². The Hall–Kier alpha value is -1.69. The van der Waals surface area contributed by atoms with E-state index >= 15 is 0 Å². The molecule has 1 atom stereocenters. The molecule has 0 heterocycles. The van der Waals surface area contributed by atoms with Crippen molar-refractivity contribution in [1.29, 1.82) is 0 Å². The zero-order valence-electron chi connectivity index (χ0n) is 12.9. The molecule has 0 spiro atoms. The van der Waals surface area contributed by atoms with E-state index in [2.05, 4.69) is 89.1 Å². The summed E-state index contributed by atoms with van der Waals surface area (Å²) in [5, 5.41) is 4.22. The number of hydrogen-bond acceptors (Lipinski definition) is 0. The smallest absolute Gasteiger partial charge is 0.0635 e. The molecule has 0 bridgehead atoms. The first-order valence-corrected chi connectivity index (χ1v) is 9.98. The molecule has 3 aromatic rings. The molecule has 0 amide bonds. The fourth-order valence-corrected chi connectivity index (χ4v) is 7.11. The van der Waals surface area contributed by atoms with Crippen LogP contribution < -0.4 is 15.8 Å². The average molecular weight is 329 g/mol. The Morgan fingerprint density at radius 1 is 0.739 bits per heavy atom. The highest BCUT2D eigenvalue weighted by Crippen LogP contribution is 2.54. The minimum absolute atomic E-state index is 0.386. The van der Waals surface area contributed by atoms with Gasteiger partial charge in [0.2, 0.25) is 0 Å². The lowest BCUT2D eigenvalue weighted by Crippen LogP contribution is -2.20. The predicted molar refractivity (Wildman–Crippen MR) is 102 cm³/mol. The summed E-state index contributed by atoms with van der Waals surface area (Å²) in [6.07, 6.45) is 2.43. The van der Waals surface area contributed by atoms with E-state index in [9.17, 15) is 0 Å². The van der Waals surface area contributed by atoms with Crippen LogP contribution >= 0.6 is 7.92 Å². The van der Waals surface area contributed by atoms with E-state index in [0.29, 0.717) is 5.66 Å². The third-order valence-corrected chi connectivity index (χ3v) is 7.88. The Bertz CT molecular complexity index is 759. The summed E-state index contributed by atoms with van der Waals surface area (Å²) in [4.78, 5) is 0. The molecule has 2 heteroatoms. The van der Waals surface area contributed by atoms with Crippen LogP contribution in [0.3, 0.4) is 0 Å². The monoisotopic (exact) mass is 329 g/mol. The van der Waals surface area contributed by atoms with Crippen molar-refractivity contribution in [3.8, 4) is 0 Å². The molecule has 1 aliphatic carbocycles. The zero-order chi connectivity index (χ0) is 15.6. The standard InChI is InChI=1S/C21H18PSi/c23-20-13-7-8-16-14-15-19(21(16)20)22(17-9-3-1-4-10-17)18-11-5-2-6-12-18/h1-13,19H,14-15H2. The van der Waals surface area contributed by atoms with E-state index in [0.717, 1.165) is 0 Å². The van der Waals surface area contributed by atoms with Gasteiger partial charge in [0.25, 0.3) is 0 Å². The molecule has 1 unspecified atom stereocenters. The van der Waals surface area contributed by atoms with Gasteiger partial charge in [-0.2, -0.15) is 0 Å². The summed E-state index contributed by atoms with van der Waals surface area (Å²) in [7, 11) is 3.48. The Labute approximate surface area is 142 Å². The molecule has 0 saturated heterocycles. The van der Waals surface area contributed by atoms with E-state index in [1.165, 1.54) is 39.8 Å². The largest absolute Gasteiger partial charge is 0.0716 e. The predicted octanol–water partition coefficient (Wildman–Crippen LogP) is 3.60. The van der Waals surface area contributed by atoms with Crippen LogP contribution in [-0.4, -0.2) is 10.2 Å². The molecule has 3 radical (unpaired) electrons. The maximum Gasteiger partial charge on any atom is 0.0716 e. The van der Waals surface area contributed by atoms with E-state index in [-0.39, 0.29) is 7.92 Å². The van der Waals surface area contributed by atoms with Gasteiger partial charge in [0, 0.05) is 5.66 Å². The second kappa shape index (κ2) is 6.43. The fourth-order valence-electron chi connectivity index (χ4n) is 3.61. The first-order chi connectivity index (χ1) is 11.3. The lowest BCUT2D eigenvalue weighted by Gasteiger charge is -2.27. The van der Waals surface area contributed by atoms with Gasteiger partial charge in [-0.3, -0.25) is 0 Å². The van der Waals surface area contributed by atoms with Crippen molar-refractivity contribution >= 4 is 34.0 Å². The van der Waals surface area contributed by atoms with Crippen molar-refractivity contribution in [3.05, 3.63) is 90.0 Å². The van der Waals surface area contributed by atoms with Crippen molar-refractivity contribution in [2.75, 3.05) is 0 Å². The van der Waals surface area contributed by atoms with Crippen LogP contribution in [0.15, 0.2) is 78.9 Å². The van der Waals surface area contributed by atoms with Gasteiger partial charge in [0.1, 0.15) is 0 Å². The zero-order valence-corrected chi connectivity index (χ0v) is 14.8. The van der Waals surface area contributed by atoms with E-state index in [4.69, 9.17) is 0 Å². The molecule has 0 fully saturated rings. The van der Waals surface area contributed by atoms with Gasteiger partial charge >= 0.3 is 0 Å². The maximum absolute atomic E-state index is 3.87. The molecular weight excluding hydrogens is 311 g/mol. The molecular formula is C21H18PSi. The van der Waals surface area contributed by atoms with Gasteiger partial charge in [-0.1, -0.05) is 84.0 Å². The lowest BCUT2D eigenvalue weighted by molar-refractivity contribution is 0.886. The second-order valence-corrected chi connectivity index (χ2v) is 8.91. The number of rotatable bonds is 3. The fraction of sp³-hybridized carbons (Fsp3) is 0.143. The first-order valence-electron chi connectivity index (χ1n) is 8.07. The first kappa shape index (κ1) is 14.9. The number of aryl methyl sites for hydroxylation is 1. The maximum atomic E-state index is 3.87. The van der Waals surface area contributed by atoms with Gasteiger partial charge in [-0.05, 0) is 42.5 Å². The minimum Gasteiger partial charge on any atom is -0.0635 e. The van der Waals surface area contributed by atoms with Crippen molar-refractivity contribution in [2.45, 2.75) is 18.5 Å². The van der Waals surface area contributed by atoms with Gasteiger partial charge in [-0.15, -0.1) is 0 Å². The molecule has 4 rings (SSSR count). The summed E-state index contributed by atoms with van der Waals surface area (Å²) in [6, 6.07) is 28.7. The Kier molecular flexibility index (Phi) is 4.16. The van der Waals surface area contributed by atoms with Crippen LogP contribution in [-0.2, 0) is 6.42 Å². The summed E-state index contributed by atoms with van der Waals surface area (Å²) >= 11 is 0. The normalized spacial score (nSPS) is 16.5. The van der Waals surface area contributed by atoms with Crippen LogP contribution in [0, 0.1) is 0 Å². The number of benzene rings is 3. The molecule has 1 aliphatic rings. The highest BCUT2D eigenvalue weighted by atomic mass is 31.1. The molecule has 23 heavy (non-hydrogen) atoms. The third-order valence-electron chi connectivity index (χ3n) is 4.60. The van der Waals surface area contributed by atoms with Crippen LogP contribution in [0.1, 0.15) is 23.2 Å². The van der Waals surface area contributed by atoms with Gasteiger partial charge in [0.15, 0.2) is 0 Å². The summed E-state index contributed by atoms with van der Waals surface area (Å²) < 4.78 is 0. The molecule has 3 aromatic carbocycles. The Morgan fingerprint density at radius 3 is 1.96 bits per heavy atom. The number of hydrogen-bond donors (Lipinski definition) is 0. The van der Waals surface area contributed by atoms with Crippen LogP contribution in [0.5, 0.6) is 0 Å². The summed E-state index contributed by atoms with van der Waals surface area (Å²) in [6.45, 7) is 0. The molecule has 0 N–H and O–H groups in total. The number of fused-ring (bicyclic) bond motifs is 1. The van der Waals surface area contributed by atoms with Crippen molar-refractivity contribution in [1.82, 2.24) is 0 Å². The highest BCUT2D eigenvalue weighted by molar-refractivity contribution is 7.73. The van der Waals surface area contributed by atoms with Gasteiger partial charge in [-0.25, -0.2) is 0 Å². The summed E-state index contributed by atoms with van der Waals surface area (Å²) in [5.74, 6) is 0. The molecule has 0 saturated carbocycles. The van der Waals surface area contributed by atoms with Crippen LogP contribution in [0.4, 0.5) is 0 Å². The van der Waals surface area contributed by atoms with E-state index in [1.54, 1.807) is 0 Å². The van der Waals surface area contributed by atoms with Gasteiger partial charge < -0.3 is 0 Å². The third kappa shape index (κ3) is 2.80. The van der Waals surface area contributed by atoms with Crippen LogP contribution in [0.25, 0.3) is 0 Å². The quantitative estimate of drug-likeness (QED) is 0.509. The van der Waals surface area contributed by atoms with E-state index in [1.807, 2.05) is 0 Å². The van der Waals surface area contributed by atoms with Crippen molar-refractivity contribution in [3.63, 3.8) is 0 Å². The van der Waals surface area contributed by atoms with Gasteiger partial charge in [0.05, 0.1) is 10.2 Å². The molecule has 0 aromatic heterocycles. The minimum atomic E-state index is -0.386. The highest BCUT2D eigenvalue weighted by Gasteiger charge is 2.32. The Morgan fingerprint density at radius 2 is 1.35 bits per heavy atom. The molecule has 0 nitrogen and oxygen atoms in total.